The molecule has 0 unspecified atom stereocenters. The van der Waals surface area contributed by atoms with Crippen LogP contribution in [-0.4, -0.2) is 28.0 Å². The van der Waals surface area contributed by atoms with Gasteiger partial charge in [0.15, 0.2) is 0 Å². The summed E-state index contributed by atoms with van der Waals surface area (Å²) in [5, 5.41) is 5.87. The maximum atomic E-state index is 12.2. The molecule has 0 bridgehead atoms. The Morgan fingerprint density at radius 1 is 1.08 bits per heavy atom. The SMILES string of the molecule is COc1cccc(NC(=O)c2cnc(NCc3ccccn3)cn2)c1. The van der Waals surface area contributed by atoms with Crippen molar-refractivity contribution in [1.29, 1.82) is 0 Å². The summed E-state index contributed by atoms with van der Waals surface area (Å²) in [6, 6.07) is 12.8. The molecule has 0 aliphatic carbocycles. The molecule has 2 heterocycles. The minimum Gasteiger partial charge on any atom is -0.497 e. The summed E-state index contributed by atoms with van der Waals surface area (Å²) in [6.45, 7) is 0.533. The van der Waals surface area contributed by atoms with Gasteiger partial charge < -0.3 is 15.4 Å². The van der Waals surface area contributed by atoms with Crippen molar-refractivity contribution in [2.24, 2.45) is 0 Å². The van der Waals surface area contributed by atoms with Gasteiger partial charge in [0.05, 0.1) is 31.7 Å². The maximum absolute atomic E-state index is 12.2. The lowest BCUT2D eigenvalue weighted by Gasteiger charge is -2.07. The lowest BCUT2D eigenvalue weighted by Crippen LogP contribution is -2.14. The van der Waals surface area contributed by atoms with Gasteiger partial charge in [0.1, 0.15) is 17.3 Å². The minimum atomic E-state index is -0.336. The van der Waals surface area contributed by atoms with Crippen molar-refractivity contribution >= 4 is 17.4 Å². The van der Waals surface area contributed by atoms with E-state index in [1.807, 2.05) is 18.2 Å². The summed E-state index contributed by atoms with van der Waals surface area (Å²) in [5.41, 5.74) is 1.75. The van der Waals surface area contributed by atoms with Gasteiger partial charge in [-0.2, -0.15) is 0 Å². The number of pyridine rings is 1. The standard InChI is InChI=1S/C18H17N5O2/c1-25-15-7-4-6-13(9-15)23-18(24)16-11-22-17(12-20-16)21-10-14-5-2-3-8-19-14/h2-9,11-12H,10H2,1H3,(H,21,22)(H,23,24). The molecule has 0 radical (unpaired) electrons. The Bertz CT molecular complexity index is 838. The first-order valence-electron chi connectivity index (χ1n) is 7.66. The van der Waals surface area contributed by atoms with Crippen LogP contribution in [0.3, 0.4) is 0 Å². The van der Waals surface area contributed by atoms with Crippen molar-refractivity contribution in [1.82, 2.24) is 15.0 Å². The molecular weight excluding hydrogens is 318 g/mol. The number of benzene rings is 1. The maximum Gasteiger partial charge on any atom is 0.275 e. The first-order valence-corrected chi connectivity index (χ1v) is 7.66. The molecule has 126 valence electrons. The highest BCUT2D eigenvalue weighted by Crippen LogP contribution is 2.17. The minimum absolute atomic E-state index is 0.228. The second-order valence-corrected chi connectivity index (χ2v) is 5.15. The van der Waals surface area contributed by atoms with Gasteiger partial charge in [-0.25, -0.2) is 9.97 Å². The number of carbonyl (C=O) groups is 1. The van der Waals surface area contributed by atoms with E-state index in [0.29, 0.717) is 23.8 Å². The van der Waals surface area contributed by atoms with Crippen molar-refractivity contribution in [3.63, 3.8) is 0 Å². The van der Waals surface area contributed by atoms with Gasteiger partial charge in [-0.15, -0.1) is 0 Å². The van der Waals surface area contributed by atoms with Crippen molar-refractivity contribution in [3.05, 3.63) is 72.4 Å². The first kappa shape index (κ1) is 16.4. The molecule has 0 aliphatic heterocycles. The van der Waals surface area contributed by atoms with E-state index in [1.54, 1.807) is 37.6 Å². The number of methoxy groups -OCH3 is 1. The summed E-state index contributed by atoms with van der Waals surface area (Å²) in [4.78, 5) is 24.8. The molecule has 0 saturated carbocycles. The van der Waals surface area contributed by atoms with Crippen molar-refractivity contribution in [3.8, 4) is 5.75 Å². The monoisotopic (exact) mass is 335 g/mol. The Morgan fingerprint density at radius 2 is 2.00 bits per heavy atom. The Hall–Kier alpha value is -3.48. The van der Waals surface area contributed by atoms with Crippen molar-refractivity contribution in [2.45, 2.75) is 6.54 Å². The molecule has 2 N–H and O–H groups in total. The molecule has 0 atom stereocenters. The highest BCUT2D eigenvalue weighted by molar-refractivity contribution is 6.02. The highest BCUT2D eigenvalue weighted by atomic mass is 16.5. The summed E-state index contributed by atoms with van der Waals surface area (Å²) < 4.78 is 5.13. The van der Waals surface area contributed by atoms with Crippen LogP contribution in [0, 0.1) is 0 Å². The van der Waals surface area contributed by atoms with Crippen molar-refractivity contribution in [2.75, 3.05) is 17.7 Å². The number of carbonyl (C=O) groups excluding carboxylic acids is 1. The predicted molar refractivity (Wildman–Crippen MR) is 94.5 cm³/mol. The molecule has 3 rings (SSSR count). The zero-order valence-corrected chi connectivity index (χ0v) is 13.6. The van der Waals surface area contributed by atoms with Crippen LogP contribution >= 0.6 is 0 Å². The smallest absolute Gasteiger partial charge is 0.275 e. The molecule has 7 nitrogen and oxygen atoms in total. The quantitative estimate of drug-likeness (QED) is 0.720. The van der Waals surface area contributed by atoms with E-state index in [2.05, 4.69) is 25.6 Å². The number of hydrogen-bond acceptors (Lipinski definition) is 6. The van der Waals surface area contributed by atoms with E-state index in [4.69, 9.17) is 4.74 Å². The fraction of sp³-hybridized carbons (Fsp3) is 0.111. The number of aromatic nitrogens is 3. The average molecular weight is 335 g/mol. The Labute approximate surface area is 145 Å². The molecule has 1 aromatic carbocycles. The zero-order valence-electron chi connectivity index (χ0n) is 13.6. The summed E-state index contributed by atoms with van der Waals surface area (Å²) in [7, 11) is 1.57. The van der Waals surface area contributed by atoms with Crippen LogP contribution < -0.4 is 15.4 Å². The van der Waals surface area contributed by atoms with Gasteiger partial charge in [-0.1, -0.05) is 12.1 Å². The number of rotatable bonds is 6. The molecule has 7 heteroatoms. The van der Waals surface area contributed by atoms with Crippen LogP contribution in [0.5, 0.6) is 5.75 Å². The second-order valence-electron chi connectivity index (χ2n) is 5.15. The van der Waals surface area contributed by atoms with Gasteiger partial charge in [0.2, 0.25) is 0 Å². The lowest BCUT2D eigenvalue weighted by atomic mass is 10.3. The van der Waals surface area contributed by atoms with E-state index in [1.165, 1.54) is 12.4 Å². The third-order valence-electron chi connectivity index (χ3n) is 3.39. The molecule has 25 heavy (non-hydrogen) atoms. The van der Waals surface area contributed by atoms with Crippen LogP contribution in [0.2, 0.25) is 0 Å². The first-order chi connectivity index (χ1) is 12.2. The van der Waals surface area contributed by atoms with Crippen LogP contribution in [0.4, 0.5) is 11.5 Å². The highest BCUT2D eigenvalue weighted by Gasteiger charge is 2.09. The fourth-order valence-electron chi connectivity index (χ4n) is 2.12. The van der Waals surface area contributed by atoms with Gasteiger partial charge in [0, 0.05) is 18.0 Å². The summed E-state index contributed by atoms with van der Waals surface area (Å²) in [5.74, 6) is 0.901. The second kappa shape index (κ2) is 7.87. The van der Waals surface area contributed by atoms with Gasteiger partial charge in [-0.3, -0.25) is 9.78 Å². The third-order valence-corrected chi connectivity index (χ3v) is 3.39. The summed E-state index contributed by atoms with van der Waals surface area (Å²) >= 11 is 0. The van der Waals surface area contributed by atoms with E-state index >= 15 is 0 Å². The topological polar surface area (TPSA) is 89.0 Å². The molecular formula is C18H17N5O2. The van der Waals surface area contributed by atoms with Crippen LogP contribution in [0.1, 0.15) is 16.2 Å². The van der Waals surface area contributed by atoms with Gasteiger partial charge in [0.25, 0.3) is 5.91 Å². The Kier molecular flexibility index (Phi) is 5.16. The number of anilines is 2. The Morgan fingerprint density at radius 3 is 2.72 bits per heavy atom. The number of hydrogen-bond donors (Lipinski definition) is 2. The number of nitrogens with zero attached hydrogens (tertiary/aromatic N) is 3. The zero-order chi connectivity index (χ0) is 17.5. The molecule has 0 fully saturated rings. The molecule has 0 saturated heterocycles. The fourth-order valence-corrected chi connectivity index (χ4v) is 2.12. The van der Waals surface area contributed by atoms with E-state index in [0.717, 1.165) is 5.69 Å². The summed E-state index contributed by atoms with van der Waals surface area (Å²) in [6.07, 6.45) is 4.67. The van der Waals surface area contributed by atoms with E-state index < -0.39 is 0 Å². The normalized spacial score (nSPS) is 10.1. The van der Waals surface area contributed by atoms with Crippen LogP contribution in [0.15, 0.2) is 61.1 Å². The van der Waals surface area contributed by atoms with E-state index in [9.17, 15) is 4.79 Å². The number of amides is 1. The van der Waals surface area contributed by atoms with Crippen LogP contribution in [-0.2, 0) is 6.54 Å². The lowest BCUT2D eigenvalue weighted by molar-refractivity contribution is 0.102. The average Bonchev–Trinajstić information content (AvgIpc) is 2.67. The van der Waals surface area contributed by atoms with E-state index in [-0.39, 0.29) is 11.6 Å². The van der Waals surface area contributed by atoms with Gasteiger partial charge in [-0.05, 0) is 24.3 Å². The van der Waals surface area contributed by atoms with Crippen molar-refractivity contribution < 1.29 is 9.53 Å². The van der Waals surface area contributed by atoms with Gasteiger partial charge >= 0.3 is 0 Å². The molecule has 0 aliphatic rings. The largest absolute Gasteiger partial charge is 0.497 e. The molecule has 1 amide bonds. The predicted octanol–water partition coefficient (Wildman–Crippen LogP) is 2.74. The third kappa shape index (κ3) is 4.51. The molecule has 0 spiro atoms. The number of ether oxygens (including phenoxy) is 1. The van der Waals surface area contributed by atoms with Crippen LogP contribution in [0.25, 0.3) is 0 Å². The number of nitrogens with one attached hydrogen (secondary N) is 2. The Balaban J connectivity index is 1.60. The molecule has 2 aromatic heterocycles. The molecule has 3 aromatic rings.